The third-order valence-corrected chi connectivity index (χ3v) is 2.05. The summed E-state index contributed by atoms with van der Waals surface area (Å²) in [5, 5.41) is 0. The first-order chi connectivity index (χ1) is 6.52. The third-order valence-electron chi connectivity index (χ3n) is 1.79. The highest BCUT2D eigenvalue weighted by Crippen LogP contribution is 2.11. The number of ether oxygens (including phenoxy) is 1. The number of Topliss-reactive ketones (excluding diaryl/α,β-unsaturated/α-hetero) is 2. The van der Waals surface area contributed by atoms with Gasteiger partial charge in [0.2, 0.25) is 0 Å². The zero-order valence-corrected chi connectivity index (χ0v) is 8.97. The molecule has 0 aliphatic rings. The number of carbonyl (C=O) groups is 3. The Morgan fingerprint density at radius 1 is 1.36 bits per heavy atom. The molecule has 0 amide bonds. The van der Waals surface area contributed by atoms with Gasteiger partial charge in [-0.1, -0.05) is 0 Å². The fourth-order valence-electron chi connectivity index (χ4n) is 0.993. The van der Waals surface area contributed by atoms with Gasteiger partial charge >= 0.3 is 5.97 Å². The molecule has 0 fully saturated rings. The van der Waals surface area contributed by atoms with Gasteiger partial charge in [0.05, 0.1) is 13.0 Å². The van der Waals surface area contributed by atoms with Crippen LogP contribution in [0.1, 0.15) is 19.8 Å². The van der Waals surface area contributed by atoms with Gasteiger partial charge in [-0.25, -0.2) is 0 Å². The van der Waals surface area contributed by atoms with Crippen molar-refractivity contribution in [3.8, 4) is 0 Å². The molecule has 0 aromatic rings. The monoisotopic (exact) mass is 220 g/mol. The highest BCUT2D eigenvalue weighted by Gasteiger charge is 2.26. The lowest BCUT2D eigenvalue weighted by atomic mass is 9.98. The summed E-state index contributed by atoms with van der Waals surface area (Å²) in [5.74, 6) is -2.24. The fraction of sp³-hybridized carbons (Fsp3) is 0.667. The summed E-state index contributed by atoms with van der Waals surface area (Å²) in [5.41, 5.74) is 0. The molecule has 14 heavy (non-hydrogen) atoms. The van der Waals surface area contributed by atoms with Crippen LogP contribution in [0.25, 0.3) is 0 Å². The molecule has 80 valence electrons. The van der Waals surface area contributed by atoms with E-state index < -0.39 is 17.7 Å². The Morgan fingerprint density at radius 2 is 1.93 bits per heavy atom. The number of ketones is 2. The lowest BCUT2D eigenvalue weighted by Gasteiger charge is -2.10. The first-order valence-corrected chi connectivity index (χ1v) is 4.72. The Kier molecular flexibility index (Phi) is 6.12. The van der Waals surface area contributed by atoms with Crippen LogP contribution in [0.3, 0.4) is 0 Å². The molecule has 0 spiro atoms. The average Bonchev–Trinajstić information content (AvgIpc) is 2.16. The van der Waals surface area contributed by atoms with Crippen molar-refractivity contribution in [3.05, 3.63) is 0 Å². The van der Waals surface area contributed by atoms with Crippen molar-refractivity contribution in [2.75, 3.05) is 13.0 Å². The van der Waals surface area contributed by atoms with Crippen LogP contribution in [0.5, 0.6) is 0 Å². The van der Waals surface area contributed by atoms with Crippen molar-refractivity contribution in [1.82, 2.24) is 0 Å². The fourth-order valence-corrected chi connectivity index (χ4v) is 1.18. The van der Waals surface area contributed by atoms with Crippen LogP contribution < -0.4 is 0 Å². The van der Waals surface area contributed by atoms with Crippen LogP contribution >= 0.6 is 11.6 Å². The molecule has 0 rings (SSSR count). The second kappa shape index (κ2) is 6.54. The lowest BCUT2D eigenvalue weighted by molar-refractivity contribution is -0.149. The molecule has 0 aliphatic carbocycles. The minimum atomic E-state index is -0.901. The minimum Gasteiger partial charge on any atom is -0.468 e. The van der Waals surface area contributed by atoms with E-state index in [4.69, 9.17) is 11.6 Å². The Balaban J connectivity index is 4.32. The molecule has 0 heterocycles. The van der Waals surface area contributed by atoms with Crippen molar-refractivity contribution in [1.29, 1.82) is 0 Å². The molecule has 1 unspecified atom stereocenters. The number of halogens is 1. The van der Waals surface area contributed by atoms with Crippen LogP contribution in [0.15, 0.2) is 0 Å². The zero-order chi connectivity index (χ0) is 11.1. The van der Waals surface area contributed by atoms with E-state index in [-0.39, 0.29) is 24.5 Å². The van der Waals surface area contributed by atoms with E-state index in [1.54, 1.807) is 0 Å². The topological polar surface area (TPSA) is 60.4 Å². The minimum absolute atomic E-state index is 0.0683. The quantitative estimate of drug-likeness (QED) is 0.380. The summed E-state index contributed by atoms with van der Waals surface area (Å²) in [4.78, 5) is 33.0. The van der Waals surface area contributed by atoms with Crippen molar-refractivity contribution < 1.29 is 19.1 Å². The van der Waals surface area contributed by atoms with E-state index in [1.165, 1.54) is 14.0 Å². The number of hydrogen-bond acceptors (Lipinski definition) is 4. The van der Waals surface area contributed by atoms with E-state index in [1.807, 2.05) is 0 Å². The summed E-state index contributed by atoms with van der Waals surface area (Å²) in [6, 6.07) is 0. The van der Waals surface area contributed by atoms with Gasteiger partial charge < -0.3 is 9.53 Å². The number of carbonyl (C=O) groups excluding carboxylic acids is 3. The molecular weight excluding hydrogens is 208 g/mol. The van der Waals surface area contributed by atoms with Crippen molar-refractivity contribution >= 4 is 29.1 Å². The van der Waals surface area contributed by atoms with Crippen LogP contribution in [-0.2, 0) is 19.1 Å². The second-order valence-corrected chi connectivity index (χ2v) is 3.18. The summed E-state index contributed by atoms with van der Waals surface area (Å²) in [6.07, 6.45) is 0.357. The lowest BCUT2D eigenvalue weighted by Crippen LogP contribution is -2.26. The summed E-state index contributed by atoms with van der Waals surface area (Å²) < 4.78 is 4.44. The van der Waals surface area contributed by atoms with Gasteiger partial charge in [0, 0.05) is 6.42 Å². The second-order valence-electron chi connectivity index (χ2n) is 2.92. The molecule has 5 heteroatoms. The van der Waals surface area contributed by atoms with Crippen molar-refractivity contribution in [3.63, 3.8) is 0 Å². The molecule has 4 nitrogen and oxygen atoms in total. The third kappa shape index (κ3) is 4.37. The standard InChI is InChI=1S/C9H13ClO4/c1-6(11)3-4-7(8(12)5-10)9(13)14-2/h7H,3-5H2,1-2H3. The number of hydrogen-bond donors (Lipinski definition) is 0. The van der Waals surface area contributed by atoms with Gasteiger partial charge in [-0.05, 0) is 13.3 Å². The van der Waals surface area contributed by atoms with E-state index in [0.29, 0.717) is 0 Å². The molecule has 0 bridgehead atoms. The molecule has 0 aromatic heterocycles. The van der Waals surface area contributed by atoms with Gasteiger partial charge in [-0.3, -0.25) is 9.59 Å². The van der Waals surface area contributed by atoms with Gasteiger partial charge in [-0.15, -0.1) is 11.6 Å². The normalized spacial score (nSPS) is 11.9. The molecular formula is C9H13ClO4. The Hall–Kier alpha value is -0.900. The van der Waals surface area contributed by atoms with Crippen LogP contribution in [-0.4, -0.2) is 30.5 Å². The first kappa shape index (κ1) is 13.1. The molecule has 1 atom stereocenters. The van der Waals surface area contributed by atoms with E-state index in [9.17, 15) is 14.4 Å². The van der Waals surface area contributed by atoms with Gasteiger partial charge in [0.1, 0.15) is 11.7 Å². The van der Waals surface area contributed by atoms with E-state index >= 15 is 0 Å². The van der Waals surface area contributed by atoms with Crippen molar-refractivity contribution in [2.45, 2.75) is 19.8 Å². The predicted octanol–water partition coefficient (Wildman–Crippen LogP) is 0.953. The molecule has 0 aromatic carbocycles. The van der Waals surface area contributed by atoms with Crippen LogP contribution in [0.2, 0.25) is 0 Å². The summed E-state index contributed by atoms with van der Waals surface area (Å²) >= 11 is 5.32. The SMILES string of the molecule is COC(=O)C(CCC(C)=O)C(=O)CCl. The van der Waals surface area contributed by atoms with Gasteiger partial charge in [-0.2, -0.15) is 0 Å². The van der Waals surface area contributed by atoms with Crippen molar-refractivity contribution in [2.24, 2.45) is 5.92 Å². The Labute approximate surface area is 87.6 Å². The largest absolute Gasteiger partial charge is 0.468 e. The number of alkyl halides is 1. The number of methoxy groups -OCH3 is 1. The Morgan fingerprint density at radius 3 is 2.29 bits per heavy atom. The number of esters is 1. The maximum Gasteiger partial charge on any atom is 0.316 e. The molecule has 0 saturated heterocycles. The smallest absolute Gasteiger partial charge is 0.316 e. The maximum absolute atomic E-state index is 11.2. The van der Waals surface area contributed by atoms with Gasteiger partial charge in [0.15, 0.2) is 5.78 Å². The Bertz CT molecular complexity index is 221. The molecule has 0 N–H and O–H groups in total. The van der Waals surface area contributed by atoms with E-state index in [2.05, 4.69) is 4.74 Å². The molecule has 0 saturated carbocycles. The zero-order valence-electron chi connectivity index (χ0n) is 8.21. The van der Waals surface area contributed by atoms with Gasteiger partial charge in [0.25, 0.3) is 0 Å². The predicted molar refractivity (Wildman–Crippen MR) is 51.1 cm³/mol. The van der Waals surface area contributed by atoms with E-state index in [0.717, 1.165) is 0 Å². The average molecular weight is 221 g/mol. The molecule has 0 radical (unpaired) electrons. The summed E-state index contributed by atoms with van der Waals surface area (Å²) in [6.45, 7) is 1.40. The highest BCUT2D eigenvalue weighted by molar-refractivity contribution is 6.29. The highest BCUT2D eigenvalue weighted by atomic mass is 35.5. The van der Waals surface area contributed by atoms with Crippen LogP contribution in [0, 0.1) is 5.92 Å². The van der Waals surface area contributed by atoms with Crippen LogP contribution in [0.4, 0.5) is 0 Å². The number of rotatable bonds is 6. The first-order valence-electron chi connectivity index (χ1n) is 4.18. The maximum atomic E-state index is 11.2. The molecule has 0 aliphatic heterocycles. The summed E-state index contributed by atoms with van der Waals surface area (Å²) in [7, 11) is 1.20.